The van der Waals surface area contributed by atoms with Crippen LogP contribution in [0.25, 0.3) is 22.3 Å². The number of benzene rings is 2. The topological polar surface area (TPSA) is 89.1 Å². The molecule has 0 fully saturated rings. The summed E-state index contributed by atoms with van der Waals surface area (Å²) in [6, 6.07) is 10.9. The maximum atomic E-state index is 12.3. The van der Waals surface area contributed by atoms with Crippen molar-refractivity contribution in [3.8, 4) is 22.8 Å². The number of thiazole rings is 1. The van der Waals surface area contributed by atoms with Gasteiger partial charge in [-0.15, -0.1) is 11.3 Å². The van der Waals surface area contributed by atoms with E-state index < -0.39 is 0 Å². The molecule has 2 aromatic carbocycles. The first-order valence-corrected chi connectivity index (χ1v) is 11.1. The molecule has 4 rings (SSSR count). The van der Waals surface area contributed by atoms with Crippen LogP contribution in [0.4, 0.5) is 5.13 Å². The molecule has 0 aliphatic heterocycles. The third kappa shape index (κ3) is 4.53. The lowest BCUT2D eigenvalue weighted by Gasteiger charge is -2.08. The van der Waals surface area contributed by atoms with Gasteiger partial charge in [0.1, 0.15) is 11.5 Å². The van der Waals surface area contributed by atoms with E-state index in [1.165, 1.54) is 23.1 Å². The number of nitrogens with one attached hydrogen (secondary N) is 2. The summed E-state index contributed by atoms with van der Waals surface area (Å²) in [6.07, 6.45) is 0. The van der Waals surface area contributed by atoms with E-state index in [4.69, 9.17) is 21.1 Å². The van der Waals surface area contributed by atoms with E-state index in [0.717, 1.165) is 22.3 Å². The predicted molar refractivity (Wildman–Crippen MR) is 121 cm³/mol. The van der Waals surface area contributed by atoms with Gasteiger partial charge in [-0.2, -0.15) is 0 Å². The molecule has 4 aromatic rings. The molecule has 0 saturated carbocycles. The van der Waals surface area contributed by atoms with Crippen LogP contribution in [0.1, 0.15) is 0 Å². The number of halogens is 1. The molecule has 0 spiro atoms. The molecular formula is C20H17ClN4O3S2. The normalized spacial score (nSPS) is 10.9. The quantitative estimate of drug-likeness (QED) is 0.373. The average Bonchev–Trinajstić information content (AvgIpc) is 3.38. The summed E-state index contributed by atoms with van der Waals surface area (Å²) in [4.78, 5) is 24.4. The maximum Gasteiger partial charge on any atom is 0.236 e. The number of fused-ring (bicyclic) bond motifs is 1. The first-order chi connectivity index (χ1) is 14.6. The maximum absolute atomic E-state index is 12.3. The van der Waals surface area contributed by atoms with Gasteiger partial charge in [0.2, 0.25) is 5.91 Å². The Morgan fingerprint density at radius 2 is 2.07 bits per heavy atom. The second-order valence-electron chi connectivity index (χ2n) is 6.14. The number of aromatic amines is 1. The third-order valence-electron chi connectivity index (χ3n) is 4.20. The zero-order valence-electron chi connectivity index (χ0n) is 16.1. The van der Waals surface area contributed by atoms with Crippen molar-refractivity contribution in [2.45, 2.75) is 5.16 Å². The Balaban J connectivity index is 1.40. The van der Waals surface area contributed by atoms with E-state index in [9.17, 15) is 4.79 Å². The highest BCUT2D eigenvalue weighted by molar-refractivity contribution is 7.99. The fraction of sp³-hybridized carbons (Fsp3) is 0.150. The standard InChI is InChI=1S/C20H17ClN4O3S2/c1-27-12-4-5-13(17(8-12)28-2)16-9-29-20(24-16)25-18(26)10-30-19-22-14-6-3-11(21)7-15(14)23-19/h3-9H,10H2,1-2H3,(H,22,23)(H,24,25,26). The molecule has 2 aromatic heterocycles. The minimum absolute atomic E-state index is 0.166. The number of imidazole rings is 1. The molecule has 10 heteroatoms. The van der Waals surface area contributed by atoms with Crippen molar-refractivity contribution < 1.29 is 14.3 Å². The van der Waals surface area contributed by atoms with Crippen LogP contribution >= 0.6 is 34.7 Å². The molecule has 0 unspecified atom stereocenters. The molecule has 0 aliphatic carbocycles. The van der Waals surface area contributed by atoms with Crippen molar-refractivity contribution in [2.75, 3.05) is 25.3 Å². The van der Waals surface area contributed by atoms with Crippen LogP contribution < -0.4 is 14.8 Å². The summed E-state index contributed by atoms with van der Waals surface area (Å²) >= 11 is 8.65. The van der Waals surface area contributed by atoms with E-state index in [-0.39, 0.29) is 11.7 Å². The summed E-state index contributed by atoms with van der Waals surface area (Å²) in [5.41, 5.74) is 3.19. The van der Waals surface area contributed by atoms with Crippen molar-refractivity contribution in [3.05, 3.63) is 46.8 Å². The lowest BCUT2D eigenvalue weighted by atomic mass is 10.1. The summed E-state index contributed by atoms with van der Waals surface area (Å²) in [5, 5.41) is 6.50. The van der Waals surface area contributed by atoms with Crippen LogP contribution in [0.3, 0.4) is 0 Å². The molecule has 7 nitrogen and oxygen atoms in total. The van der Waals surface area contributed by atoms with Crippen LogP contribution in [0.15, 0.2) is 46.9 Å². The number of ether oxygens (including phenoxy) is 2. The number of hydrogen-bond donors (Lipinski definition) is 2. The Labute approximate surface area is 185 Å². The van der Waals surface area contributed by atoms with Gasteiger partial charge < -0.3 is 19.8 Å². The number of nitrogens with zero attached hydrogens (tertiary/aromatic N) is 2. The monoisotopic (exact) mass is 460 g/mol. The lowest BCUT2D eigenvalue weighted by molar-refractivity contribution is -0.113. The number of carbonyl (C=O) groups is 1. The minimum Gasteiger partial charge on any atom is -0.497 e. The van der Waals surface area contributed by atoms with Gasteiger partial charge in [-0.3, -0.25) is 4.79 Å². The highest BCUT2D eigenvalue weighted by atomic mass is 35.5. The van der Waals surface area contributed by atoms with Crippen molar-refractivity contribution in [1.82, 2.24) is 15.0 Å². The second kappa shape index (κ2) is 8.95. The summed E-state index contributed by atoms with van der Waals surface area (Å²) in [7, 11) is 3.19. The van der Waals surface area contributed by atoms with E-state index >= 15 is 0 Å². The molecule has 2 N–H and O–H groups in total. The van der Waals surface area contributed by atoms with Crippen LogP contribution in [0.2, 0.25) is 5.02 Å². The fourth-order valence-corrected chi connectivity index (χ4v) is 4.36. The molecule has 0 atom stereocenters. The number of carbonyl (C=O) groups excluding carboxylic acids is 1. The number of amides is 1. The second-order valence-corrected chi connectivity index (χ2v) is 8.40. The Kier molecular flexibility index (Phi) is 6.12. The molecule has 0 bridgehead atoms. The van der Waals surface area contributed by atoms with E-state index in [0.29, 0.717) is 26.8 Å². The highest BCUT2D eigenvalue weighted by Crippen LogP contribution is 2.35. The Bertz CT molecular complexity index is 1210. The van der Waals surface area contributed by atoms with Gasteiger partial charge >= 0.3 is 0 Å². The SMILES string of the molecule is COc1ccc(-c2csc(NC(=O)CSc3nc4ccc(Cl)cc4[nH]3)n2)c(OC)c1. The number of aromatic nitrogens is 3. The largest absolute Gasteiger partial charge is 0.497 e. The Morgan fingerprint density at radius 1 is 1.20 bits per heavy atom. The molecule has 30 heavy (non-hydrogen) atoms. The first-order valence-electron chi connectivity index (χ1n) is 8.81. The number of hydrogen-bond acceptors (Lipinski definition) is 7. The van der Waals surface area contributed by atoms with Gasteiger partial charge in [-0.1, -0.05) is 23.4 Å². The van der Waals surface area contributed by atoms with Crippen molar-refractivity contribution in [2.24, 2.45) is 0 Å². The van der Waals surface area contributed by atoms with Gasteiger partial charge in [0.05, 0.1) is 36.7 Å². The number of H-pyrrole nitrogens is 1. The number of anilines is 1. The summed E-state index contributed by atoms with van der Waals surface area (Å²) in [5.74, 6) is 1.39. The summed E-state index contributed by atoms with van der Waals surface area (Å²) < 4.78 is 10.7. The predicted octanol–water partition coefficient (Wildman–Crippen LogP) is 5.09. The lowest BCUT2D eigenvalue weighted by Crippen LogP contribution is -2.13. The smallest absolute Gasteiger partial charge is 0.236 e. The average molecular weight is 461 g/mol. The molecule has 0 saturated heterocycles. The van der Waals surface area contributed by atoms with Crippen molar-refractivity contribution in [3.63, 3.8) is 0 Å². The third-order valence-corrected chi connectivity index (χ3v) is 6.06. The summed E-state index contributed by atoms with van der Waals surface area (Å²) in [6.45, 7) is 0. The van der Waals surface area contributed by atoms with Crippen LogP contribution in [-0.4, -0.2) is 40.8 Å². The Hall–Kier alpha value is -2.75. The number of methoxy groups -OCH3 is 2. The van der Waals surface area contributed by atoms with Crippen LogP contribution in [0, 0.1) is 0 Å². The molecule has 1 amide bonds. The Morgan fingerprint density at radius 3 is 2.87 bits per heavy atom. The molecule has 2 heterocycles. The minimum atomic E-state index is -0.166. The van der Waals surface area contributed by atoms with Gasteiger partial charge in [0.25, 0.3) is 0 Å². The van der Waals surface area contributed by atoms with Gasteiger partial charge in [0, 0.05) is 22.0 Å². The highest BCUT2D eigenvalue weighted by Gasteiger charge is 2.13. The van der Waals surface area contributed by atoms with Crippen LogP contribution in [-0.2, 0) is 4.79 Å². The van der Waals surface area contributed by atoms with E-state index in [1.54, 1.807) is 32.4 Å². The van der Waals surface area contributed by atoms with Gasteiger partial charge in [-0.25, -0.2) is 9.97 Å². The van der Waals surface area contributed by atoms with Gasteiger partial charge in [0.15, 0.2) is 10.3 Å². The van der Waals surface area contributed by atoms with E-state index in [1.807, 2.05) is 23.6 Å². The van der Waals surface area contributed by atoms with Gasteiger partial charge in [-0.05, 0) is 30.3 Å². The number of thioether (sulfide) groups is 1. The van der Waals surface area contributed by atoms with Crippen molar-refractivity contribution >= 4 is 56.8 Å². The zero-order valence-corrected chi connectivity index (χ0v) is 18.5. The molecule has 0 radical (unpaired) electrons. The van der Waals surface area contributed by atoms with Crippen LogP contribution in [0.5, 0.6) is 11.5 Å². The van der Waals surface area contributed by atoms with Crippen molar-refractivity contribution in [1.29, 1.82) is 0 Å². The van der Waals surface area contributed by atoms with E-state index in [2.05, 4.69) is 20.3 Å². The zero-order chi connectivity index (χ0) is 21.1. The molecule has 154 valence electrons. The molecule has 0 aliphatic rings. The number of rotatable bonds is 7. The molecular weight excluding hydrogens is 444 g/mol. The fourth-order valence-electron chi connectivity index (χ4n) is 2.78. The first kappa shape index (κ1) is 20.5.